The van der Waals surface area contributed by atoms with Crippen molar-refractivity contribution in [2.75, 3.05) is 36.5 Å². The van der Waals surface area contributed by atoms with Crippen molar-refractivity contribution in [3.05, 3.63) is 54.7 Å². The Hall–Kier alpha value is -4.55. The number of carbonyl (C=O) groups excluding carboxylic acids is 1. The van der Waals surface area contributed by atoms with Crippen molar-refractivity contribution in [3.8, 4) is 21.8 Å². The summed E-state index contributed by atoms with van der Waals surface area (Å²) in [7, 11) is 0. The van der Waals surface area contributed by atoms with Crippen molar-refractivity contribution >= 4 is 56.0 Å². The van der Waals surface area contributed by atoms with E-state index in [4.69, 9.17) is 14.7 Å². The third kappa shape index (κ3) is 5.50. The number of aromatic nitrogens is 4. The van der Waals surface area contributed by atoms with Crippen LogP contribution in [-0.4, -0.2) is 69.6 Å². The summed E-state index contributed by atoms with van der Waals surface area (Å²) < 4.78 is 6.58. The number of nitrogens with one attached hydrogen (secondary N) is 3. The summed E-state index contributed by atoms with van der Waals surface area (Å²) >= 11 is 1.60. The zero-order chi connectivity index (χ0) is 29.4. The van der Waals surface area contributed by atoms with Crippen molar-refractivity contribution in [3.63, 3.8) is 0 Å². The molecule has 5 aromatic rings. The van der Waals surface area contributed by atoms with Gasteiger partial charge in [-0.15, -0.1) is 11.3 Å². The second kappa shape index (κ2) is 11.0. The minimum atomic E-state index is -1.25. The Bertz CT molecular complexity index is 1790. The number of carbonyl (C=O) groups is 2. The summed E-state index contributed by atoms with van der Waals surface area (Å²) in [6.45, 7) is 8.17. The highest BCUT2D eigenvalue weighted by atomic mass is 32.1. The number of benzene rings is 2. The van der Waals surface area contributed by atoms with Crippen LogP contribution < -0.4 is 15.5 Å². The Morgan fingerprint density at radius 2 is 1.88 bits per heavy atom. The minimum absolute atomic E-state index is 0.420. The van der Waals surface area contributed by atoms with Crippen LogP contribution in [0.2, 0.25) is 0 Å². The summed E-state index contributed by atoms with van der Waals surface area (Å²) in [5.74, 6) is 1.07. The number of rotatable bonds is 6. The van der Waals surface area contributed by atoms with E-state index in [2.05, 4.69) is 31.8 Å². The van der Waals surface area contributed by atoms with Crippen LogP contribution in [0.25, 0.3) is 42.9 Å². The highest BCUT2D eigenvalue weighted by Crippen LogP contribution is 2.40. The summed E-state index contributed by atoms with van der Waals surface area (Å²) in [6.07, 6.45) is 0.548. The van der Waals surface area contributed by atoms with Crippen molar-refractivity contribution in [2.45, 2.75) is 26.8 Å². The lowest BCUT2D eigenvalue weighted by atomic mass is 9.86. The van der Waals surface area contributed by atoms with Crippen LogP contribution in [0.3, 0.4) is 0 Å². The van der Waals surface area contributed by atoms with Gasteiger partial charge in [0.15, 0.2) is 11.6 Å². The van der Waals surface area contributed by atoms with E-state index in [1.807, 2.05) is 57.2 Å². The molecule has 0 saturated carbocycles. The maximum atomic E-state index is 13.1. The van der Waals surface area contributed by atoms with Gasteiger partial charge in [-0.1, -0.05) is 45.0 Å². The average molecular weight is 586 g/mol. The zero-order valence-electron chi connectivity index (χ0n) is 23.5. The van der Waals surface area contributed by atoms with Crippen molar-refractivity contribution in [1.29, 1.82) is 0 Å². The first-order valence-corrected chi connectivity index (χ1v) is 14.5. The molecule has 2 amide bonds. The van der Waals surface area contributed by atoms with Crippen LogP contribution in [0.4, 0.5) is 16.3 Å². The van der Waals surface area contributed by atoms with Crippen LogP contribution in [0.1, 0.15) is 20.8 Å². The molecule has 0 radical (unpaired) electrons. The Labute approximate surface area is 245 Å². The number of carboxylic acid groups (broad SMARTS) is 1. The Kier molecular flexibility index (Phi) is 7.25. The van der Waals surface area contributed by atoms with Crippen LogP contribution in [0.5, 0.6) is 0 Å². The van der Waals surface area contributed by atoms with Crippen molar-refractivity contribution in [1.82, 2.24) is 25.5 Å². The highest BCUT2D eigenvalue weighted by Gasteiger charge is 2.33. The third-order valence-electron chi connectivity index (χ3n) is 7.20. The van der Waals surface area contributed by atoms with E-state index in [1.54, 1.807) is 23.6 Å². The van der Waals surface area contributed by atoms with E-state index in [-0.39, 0.29) is 0 Å². The zero-order valence-corrected chi connectivity index (χ0v) is 24.3. The molecule has 4 heterocycles. The number of H-pyrrole nitrogens is 1. The van der Waals surface area contributed by atoms with Crippen LogP contribution in [-0.2, 0) is 9.53 Å². The Balaban J connectivity index is 1.39. The molecule has 3 aromatic heterocycles. The number of ether oxygens (including phenoxy) is 1. The predicted molar refractivity (Wildman–Crippen MR) is 164 cm³/mol. The van der Waals surface area contributed by atoms with Gasteiger partial charge < -0.3 is 25.4 Å². The molecule has 1 aliphatic rings. The van der Waals surface area contributed by atoms with Gasteiger partial charge in [-0.25, -0.2) is 14.8 Å². The molecule has 1 atom stereocenters. The summed E-state index contributed by atoms with van der Waals surface area (Å²) in [5, 5.41) is 22.7. The van der Waals surface area contributed by atoms with Gasteiger partial charge in [-0.2, -0.15) is 5.10 Å². The molecule has 0 aliphatic carbocycles. The van der Waals surface area contributed by atoms with Crippen molar-refractivity contribution < 1.29 is 19.4 Å². The van der Waals surface area contributed by atoms with E-state index < -0.39 is 23.5 Å². The van der Waals surface area contributed by atoms with Gasteiger partial charge in [-0.05, 0) is 35.2 Å². The quantitative estimate of drug-likeness (QED) is 0.208. The number of anilines is 2. The number of fused-ring (bicyclic) bond motifs is 2. The Morgan fingerprint density at radius 1 is 1.10 bits per heavy atom. The number of aromatic amines is 1. The second-order valence-corrected chi connectivity index (χ2v) is 12.3. The van der Waals surface area contributed by atoms with Gasteiger partial charge in [0.2, 0.25) is 5.91 Å². The van der Waals surface area contributed by atoms with Gasteiger partial charge in [0.1, 0.15) is 6.04 Å². The molecule has 1 aliphatic heterocycles. The molecular weight excluding hydrogens is 554 g/mol. The molecule has 11 nitrogen and oxygen atoms in total. The fourth-order valence-electron chi connectivity index (χ4n) is 5.09. The summed E-state index contributed by atoms with van der Waals surface area (Å²) in [4.78, 5) is 37.7. The standard InChI is InChI=1S/C30H31N7O4S/c1-30(2,3)25(34-29(39)40)28(38)32-18-7-4-6-17(14-18)23-15-22-24(42-23)27(37-10-12-41-13-11-37)35-26(33-22)19-8-5-9-21-20(19)16-31-36-21/h4-9,14-16,25,34H,10-13H2,1-3H3,(H,31,36)(H,32,38)(H,39,40). The maximum Gasteiger partial charge on any atom is 0.405 e. The van der Waals surface area contributed by atoms with Crippen molar-refractivity contribution in [2.24, 2.45) is 5.41 Å². The molecular formula is C30H31N7O4S. The smallest absolute Gasteiger partial charge is 0.405 e. The lowest BCUT2D eigenvalue weighted by Crippen LogP contribution is -2.51. The normalized spacial score (nSPS) is 14.7. The molecule has 2 aromatic carbocycles. The van der Waals surface area contributed by atoms with E-state index >= 15 is 0 Å². The lowest BCUT2D eigenvalue weighted by molar-refractivity contribution is -0.120. The molecule has 1 fully saturated rings. The molecule has 1 unspecified atom stereocenters. The lowest BCUT2D eigenvalue weighted by Gasteiger charge is -2.29. The first-order valence-electron chi connectivity index (χ1n) is 13.6. The first kappa shape index (κ1) is 27.6. The average Bonchev–Trinajstić information content (AvgIpc) is 3.63. The van der Waals surface area contributed by atoms with E-state index in [1.165, 1.54) is 0 Å². The van der Waals surface area contributed by atoms with Gasteiger partial charge in [-0.3, -0.25) is 9.89 Å². The number of nitrogens with zero attached hydrogens (tertiary/aromatic N) is 4. The van der Waals surface area contributed by atoms with Crippen LogP contribution >= 0.6 is 11.3 Å². The van der Waals surface area contributed by atoms with Crippen LogP contribution in [0.15, 0.2) is 54.7 Å². The number of hydrogen-bond donors (Lipinski definition) is 4. The maximum absolute atomic E-state index is 13.1. The predicted octanol–water partition coefficient (Wildman–Crippen LogP) is 5.36. The third-order valence-corrected chi connectivity index (χ3v) is 8.37. The van der Waals surface area contributed by atoms with E-state index in [9.17, 15) is 14.7 Å². The number of morpholine rings is 1. The fraction of sp³-hybridized carbons (Fsp3) is 0.300. The summed E-state index contributed by atoms with van der Waals surface area (Å²) in [5.41, 5.74) is 3.51. The summed E-state index contributed by atoms with van der Waals surface area (Å²) in [6, 6.07) is 14.6. The molecule has 0 spiro atoms. The largest absolute Gasteiger partial charge is 0.465 e. The van der Waals surface area contributed by atoms with Crippen LogP contribution in [0, 0.1) is 5.41 Å². The fourth-order valence-corrected chi connectivity index (χ4v) is 6.20. The number of thiophene rings is 1. The van der Waals surface area contributed by atoms with E-state index in [0.717, 1.165) is 56.0 Å². The highest BCUT2D eigenvalue weighted by molar-refractivity contribution is 7.22. The van der Waals surface area contributed by atoms with Gasteiger partial charge in [0.05, 0.1) is 35.1 Å². The SMILES string of the molecule is CC(C)(C)C(NC(=O)O)C(=O)Nc1cccc(-c2cc3nc(-c4cccc5[nH]ncc45)nc(N4CCOCC4)c3s2)c1. The molecule has 0 bridgehead atoms. The minimum Gasteiger partial charge on any atom is -0.465 e. The second-order valence-electron chi connectivity index (χ2n) is 11.3. The number of amides is 2. The van der Waals surface area contributed by atoms with Gasteiger partial charge in [0, 0.05) is 34.6 Å². The van der Waals surface area contributed by atoms with Gasteiger partial charge >= 0.3 is 6.09 Å². The Morgan fingerprint density at radius 3 is 2.64 bits per heavy atom. The molecule has 6 rings (SSSR count). The topological polar surface area (TPSA) is 145 Å². The van der Waals surface area contributed by atoms with Gasteiger partial charge in [0.25, 0.3) is 0 Å². The molecule has 4 N–H and O–H groups in total. The molecule has 12 heteroatoms. The molecule has 1 saturated heterocycles. The number of hydrogen-bond acceptors (Lipinski definition) is 8. The molecule has 42 heavy (non-hydrogen) atoms. The monoisotopic (exact) mass is 585 g/mol. The molecule has 216 valence electrons. The van der Waals surface area contributed by atoms with E-state index in [0.29, 0.717) is 24.7 Å². The first-order chi connectivity index (χ1) is 20.2.